The van der Waals surface area contributed by atoms with Crippen LogP contribution in [0.1, 0.15) is 0 Å². The zero-order valence-corrected chi connectivity index (χ0v) is 3.33. The van der Waals surface area contributed by atoms with Crippen molar-refractivity contribution < 1.29 is 15.3 Å². The maximum absolute atomic E-state index is 8.17. The Kier molecular flexibility index (Phi) is 43.0. The van der Waals surface area contributed by atoms with Crippen LogP contribution in [0, 0.1) is 0 Å². The Labute approximate surface area is 121 Å². The van der Waals surface area contributed by atoms with Crippen LogP contribution in [0.2, 0.25) is 0 Å². The van der Waals surface area contributed by atoms with Crippen LogP contribution < -0.4 is 0 Å². The molecule has 9 heavy (non-hydrogen) atoms. The molecule has 0 aromatic carbocycles. The molecule has 0 spiro atoms. The molecule has 6 heteroatoms. The molecule has 0 fully saturated rings. The average Bonchev–Trinajstić information content (AvgIpc) is 1.65. The predicted octanol–water partition coefficient (Wildman–Crippen LogP) is -3.61. The summed E-state index contributed by atoms with van der Waals surface area (Å²) in [5, 5.41) is 24.0. The minimum atomic E-state index is -0.954. The molecule has 0 atom stereocenters. The van der Waals surface area contributed by atoms with Crippen LogP contribution in [0.25, 0.3) is 0 Å². The molecule has 0 aliphatic rings. The fraction of sp³-hybridized carbons (Fsp3) is 1.00. The molecule has 0 rings (SSSR count). The zero-order chi connectivity index (χ0) is 4.99. The van der Waals surface area contributed by atoms with Gasteiger partial charge in [-0.25, -0.2) is 0 Å². The molecule has 3 nitrogen and oxygen atoms in total. The van der Waals surface area contributed by atoms with Crippen molar-refractivity contribution in [1.82, 2.24) is 0 Å². The van der Waals surface area contributed by atoms with Crippen LogP contribution in [0.15, 0.2) is 0 Å². The molecule has 0 amide bonds. The third-order valence-corrected chi connectivity index (χ3v) is 0.421. The van der Waals surface area contributed by atoms with E-state index < -0.39 is 6.10 Å². The fourth-order valence-electron chi connectivity index (χ4n) is 0.0577. The van der Waals surface area contributed by atoms with Gasteiger partial charge in [0.2, 0.25) is 0 Å². The number of hydrogen-bond acceptors (Lipinski definition) is 3. The Morgan fingerprint density at radius 2 is 1.11 bits per heavy atom. The maximum atomic E-state index is 8.17. The Morgan fingerprint density at radius 1 is 0.889 bits per heavy atom. The van der Waals surface area contributed by atoms with Gasteiger partial charge < -0.3 is 15.3 Å². The van der Waals surface area contributed by atoms with Gasteiger partial charge in [0.05, 0.1) is 13.2 Å². The SMILES string of the molecule is OCC(O)CO.[NaH].[NaH].[NaH]. The fourth-order valence-corrected chi connectivity index (χ4v) is 0.0577. The Hall–Kier alpha value is 2.88. The van der Waals surface area contributed by atoms with Crippen LogP contribution in [0.5, 0.6) is 0 Å². The van der Waals surface area contributed by atoms with Gasteiger partial charge in [0, 0.05) is 0 Å². The van der Waals surface area contributed by atoms with E-state index >= 15 is 0 Å². The summed E-state index contributed by atoms with van der Waals surface area (Å²) in [4.78, 5) is 0. The van der Waals surface area contributed by atoms with Crippen LogP contribution in [-0.4, -0.2) is 123 Å². The van der Waals surface area contributed by atoms with E-state index in [1.54, 1.807) is 0 Å². The summed E-state index contributed by atoms with van der Waals surface area (Å²) >= 11 is 0. The monoisotopic (exact) mass is 164 g/mol. The van der Waals surface area contributed by atoms with E-state index in [0.717, 1.165) is 0 Å². The van der Waals surface area contributed by atoms with E-state index in [4.69, 9.17) is 15.3 Å². The van der Waals surface area contributed by atoms with Crippen molar-refractivity contribution in [3.63, 3.8) is 0 Å². The van der Waals surface area contributed by atoms with Crippen molar-refractivity contribution in [2.75, 3.05) is 13.2 Å². The molecule has 0 aromatic rings. The van der Waals surface area contributed by atoms with Crippen LogP contribution >= 0.6 is 0 Å². The molecule has 0 saturated carbocycles. The number of aliphatic hydroxyl groups is 3. The van der Waals surface area contributed by atoms with E-state index in [9.17, 15) is 0 Å². The second-order valence-electron chi connectivity index (χ2n) is 1.02. The van der Waals surface area contributed by atoms with E-state index in [-0.39, 0.29) is 102 Å². The summed E-state index contributed by atoms with van der Waals surface area (Å²) in [5.41, 5.74) is 0. The van der Waals surface area contributed by atoms with Gasteiger partial charge in [-0.15, -0.1) is 0 Å². The van der Waals surface area contributed by atoms with E-state index in [2.05, 4.69) is 0 Å². The van der Waals surface area contributed by atoms with Crippen molar-refractivity contribution in [2.45, 2.75) is 6.10 Å². The minimum absolute atomic E-state index is 0. The summed E-state index contributed by atoms with van der Waals surface area (Å²) in [6, 6.07) is 0. The van der Waals surface area contributed by atoms with Gasteiger partial charge in [0.15, 0.2) is 0 Å². The first-order valence-corrected chi connectivity index (χ1v) is 1.71. The number of rotatable bonds is 2. The molecule has 0 aliphatic heterocycles. The first kappa shape index (κ1) is 22.6. The topological polar surface area (TPSA) is 60.7 Å². The second kappa shape index (κ2) is 17.1. The summed E-state index contributed by atoms with van der Waals surface area (Å²) < 4.78 is 0. The van der Waals surface area contributed by atoms with Gasteiger partial charge in [0.25, 0.3) is 0 Å². The van der Waals surface area contributed by atoms with Crippen LogP contribution in [0.4, 0.5) is 0 Å². The van der Waals surface area contributed by atoms with Gasteiger partial charge in [-0.3, -0.25) is 0 Å². The summed E-state index contributed by atoms with van der Waals surface area (Å²) in [6.07, 6.45) is -0.954. The van der Waals surface area contributed by atoms with Crippen molar-refractivity contribution in [2.24, 2.45) is 0 Å². The van der Waals surface area contributed by atoms with Crippen molar-refractivity contribution in [3.8, 4) is 0 Å². The first-order chi connectivity index (χ1) is 2.81. The predicted molar refractivity (Wildman–Crippen MR) is 41.6 cm³/mol. The molecule has 0 heterocycles. The molecule has 44 valence electrons. The van der Waals surface area contributed by atoms with E-state index in [1.807, 2.05) is 0 Å². The van der Waals surface area contributed by atoms with Gasteiger partial charge in [-0.05, 0) is 0 Å². The van der Waals surface area contributed by atoms with Crippen molar-refractivity contribution in [1.29, 1.82) is 0 Å². The summed E-state index contributed by atoms with van der Waals surface area (Å²) in [7, 11) is 0. The van der Waals surface area contributed by atoms with Gasteiger partial charge >= 0.3 is 88.7 Å². The molecule has 0 saturated heterocycles. The average molecular weight is 164 g/mol. The van der Waals surface area contributed by atoms with Crippen LogP contribution in [-0.2, 0) is 0 Å². The molecular weight excluding hydrogens is 153 g/mol. The zero-order valence-electron chi connectivity index (χ0n) is 3.33. The van der Waals surface area contributed by atoms with Crippen molar-refractivity contribution in [3.05, 3.63) is 0 Å². The van der Waals surface area contributed by atoms with E-state index in [1.165, 1.54) is 0 Å². The molecule has 3 N–H and O–H groups in total. The molecule has 0 bridgehead atoms. The summed E-state index contributed by atoms with van der Waals surface area (Å²) in [5.74, 6) is 0. The molecule has 0 aliphatic carbocycles. The van der Waals surface area contributed by atoms with Gasteiger partial charge in [0.1, 0.15) is 6.10 Å². The second-order valence-corrected chi connectivity index (χ2v) is 1.02. The van der Waals surface area contributed by atoms with Gasteiger partial charge in [-0.2, -0.15) is 0 Å². The molecular formula is C3H11Na3O3. The Bertz CT molecular complexity index is 33.5. The third kappa shape index (κ3) is 18.1. The first-order valence-electron chi connectivity index (χ1n) is 1.71. The Balaban J connectivity index is -0.0000000417. The molecule has 0 aromatic heterocycles. The van der Waals surface area contributed by atoms with E-state index in [0.29, 0.717) is 0 Å². The van der Waals surface area contributed by atoms with Crippen molar-refractivity contribution >= 4 is 88.7 Å². The number of hydrogen-bond donors (Lipinski definition) is 3. The molecule has 0 radical (unpaired) electrons. The quantitative estimate of drug-likeness (QED) is 0.369. The Morgan fingerprint density at radius 3 is 1.11 bits per heavy atom. The standard InChI is InChI=1S/C3H8O3.3Na.3H/c4-1-3(6)2-5;;;;;;/h3-6H,1-2H2;;;;;;. The third-order valence-electron chi connectivity index (χ3n) is 0.421. The van der Waals surface area contributed by atoms with Gasteiger partial charge in [-0.1, -0.05) is 0 Å². The van der Waals surface area contributed by atoms with Crippen LogP contribution in [0.3, 0.4) is 0 Å². The number of aliphatic hydroxyl groups excluding tert-OH is 3. The summed E-state index contributed by atoms with van der Waals surface area (Å²) in [6.45, 7) is -0.729. The normalized spacial score (nSPS) is 6.67. The molecule has 0 unspecified atom stereocenters.